The first-order chi connectivity index (χ1) is 8.97. The van der Waals surface area contributed by atoms with Crippen LogP contribution in [-0.2, 0) is 16.6 Å². The van der Waals surface area contributed by atoms with Crippen LogP contribution in [0.25, 0.3) is 0 Å². The highest BCUT2D eigenvalue weighted by Crippen LogP contribution is 2.22. The maximum Gasteiger partial charge on any atom is 0.250 e. The molecule has 0 amide bonds. The molecule has 5 nitrogen and oxygen atoms in total. The predicted molar refractivity (Wildman–Crippen MR) is 77.9 cm³/mol. The van der Waals surface area contributed by atoms with Gasteiger partial charge in [-0.15, -0.1) is 11.3 Å². The van der Waals surface area contributed by atoms with Gasteiger partial charge in [-0.25, -0.2) is 13.1 Å². The van der Waals surface area contributed by atoms with Crippen LogP contribution in [0.5, 0.6) is 0 Å². The molecule has 0 bridgehead atoms. The Bertz CT molecular complexity index is 507. The number of sulfonamides is 1. The zero-order valence-corrected chi connectivity index (χ0v) is 13.0. The Morgan fingerprint density at radius 2 is 2.16 bits per heavy atom. The second kappa shape index (κ2) is 6.32. The Labute approximate surface area is 119 Å². The van der Waals surface area contributed by atoms with E-state index in [0.717, 1.165) is 12.1 Å². The summed E-state index contributed by atoms with van der Waals surface area (Å²) >= 11 is 1.28. The summed E-state index contributed by atoms with van der Waals surface area (Å²) in [4.78, 5) is 1.95. The predicted octanol–water partition coefficient (Wildman–Crippen LogP) is 0.840. The van der Waals surface area contributed by atoms with E-state index in [1.54, 1.807) is 6.07 Å². The molecule has 0 aliphatic heterocycles. The van der Waals surface area contributed by atoms with Crippen LogP contribution in [0.2, 0.25) is 0 Å². The molecule has 19 heavy (non-hydrogen) atoms. The van der Waals surface area contributed by atoms with Crippen LogP contribution in [-0.4, -0.2) is 46.5 Å². The van der Waals surface area contributed by atoms with Crippen molar-refractivity contribution in [3.05, 3.63) is 17.0 Å². The molecule has 0 saturated heterocycles. The zero-order chi connectivity index (χ0) is 13.9. The molecule has 0 spiro atoms. The number of nitrogens with zero attached hydrogens (tertiary/aromatic N) is 1. The Morgan fingerprint density at radius 1 is 1.42 bits per heavy atom. The van der Waals surface area contributed by atoms with E-state index in [0.29, 0.717) is 23.3 Å². The molecule has 7 heteroatoms. The first-order valence-corrected chi connectivity index (χ1v) is 8.79. The van der Waals surface area contributed by atoms with Gasteiger partial charge in [0.15, 0.2) is 0 Å². The Kier molecular flexibility index (Phi) is 4.97. The molecule has 1 heterocycles. The molecule has 1 aliphatic carbocycles. The van der Waals surface area contributed by atoms with E-state index in [9.17, 15) is 8.42 Å². The van der Waals surface area contributed by atoms with Gasteiger partial charge >= 0.3 is 0 Å². The lowest BCUT2D eigenvalue weighted by atomic mass is 10.3. The summed E-state index contributed by atoms with van der Waals surface area (Å²) in [6, 6.07) is 2.40. The second-order valence-corrected chi connectivity index (χ2v) is 8.04. The van der Waals surface area contributed by atoms with Crippen molar-refractivity contribution in [2.45, 2.75) is 29.6 Å². The standard InChI is InChI=1S/C12H21N3O2S2/c1-15(2)6-5-14-19(16,17)12-7-10(9-18-12)8-13-11-3-4-11/h7,9,11,13-14H,3-6,8H2,1-2H3. The molecule has 1 aromatic rings. The molecule has 1 fully saturated rings. The van der Waals surface area contributed by atoms with Crippen LogP contribution >= 0.6 is 11.3 Å². The molecule has 2 rings (SSSR count). The van der Waals surface area contributed by atoms with Gasteiger partial charge in [0.25, 0.3) is 0 Å². The lowest BCUT2D eigenvalue weighted by molar-refractivity contribution is 0.412. The van der Waals surface area contributed by atoms with Crippen molar-refractivity contribution in [2.24, 2.45) is 0 Å². The van der Waals surface area contributed by atoms with Crippen molar-refractivity contribution in [2.75, 3.05) is 27.2 Å². The minimum Gasteiger partial charge on any atom is -0.310 e. The van der Waals surface area contributed by atoms with Crippen LogP contribution in [0.3, 0.4) is 0 Å². The van der Waals surface area contributed by atoms with Crippen molar-refractivity contribution >= 4 is 21.4 Å². The number of nitrogens with one attached hydrogen (secondary N) is 2. The molecule has 1 aliphatic rings. The highest BCUT2D eigenvalue weighted by Gasteiger charge is 2.21. The quantitative estimate of drug-likeness (QED) is 0.747. The van der Waals surface area contributed by atoms with Crippen molar-refractivity contribution in [3.63, 3.8) is 0 Å². The van der Waals surface area contributed by atoms with Crippen LogP contribution in [0, 0.1) is 0 Å². The van der Waals surface area contributed by atoms with Gasteiger partial charge in [-0.2, -0.15) is 0 Å². The Balaban J connectivity index is 1.87. The highest BCUT2D eigenvalue weighted by atomic mass is 32.2. The van der Waals surface area contributed by atoms with Gasteiger partial charge < -0.3 is 10.2 Å². The van der Waals surface area contributed by atoms with Gasteiger partial charge in [-0.1, -0.05) is 0 Å². The van der Waals surface area contributed by atoms with E-state index in [4.69, 9.17) is 0 Å². The summed E-state index contributed by atoms with van der Waals surface area (Å²) in [5.74, 6) is 0. The second-order valence-electron chi connectivity index (χ2n) is 5.13. The maximum absolute atomic E-state index is 12.0. The molecule has 108 valence electrons. The van der Waals surface area contributed by atoms with Crippen molar-refractivity contribution < 1.29 is 8.42 Å². The summed E-state index contributed by atoms with van der Waals surface area (Å²) in [5, 5.41) is 5.29. The molecule has 0 unspecified atom stereocenters. The molecule has 0 radical (unpaired) electrons. The van der Waals surface area contributed by atoms with Gasteiger partial charge in [-0.05, 0) is 43.9 Å². The van der Waals surface area contributed by atoms with Crippen LogP contribution in [0.15, 0.2) is 15.7 Å². The lowest BCUT2D eigenvalue weighted by Crippen LogP contribution is -2.31. The van der Waals surface area contributed by atoms with Crippen LogP contribution in [0.4, 0.5) is 0 Å². The van der Waals surface area contributed by atoms with Crippen molar-refractivity contribution in [1.82, 2.24) is 14.9 Å². The lowest BCUT2D eigenvalue weighted by Gasteiger charge is -2.09. The summed E-state index contributed by atoms with van der Waals surface area (Å²) < 4.78 is 27.1. The fraction of sp³-hybridized carbons (Fsp3) is 0.667. The van der Waals surface area contributed by atoms with E-state index < -0.39 is 10.0 Å². The van der Waals surface area contributed by atoms with Crippen LogP contribution < -0.4 is 10.0 Å². The molecule has 0 aromatic carbocycles. The summed E-state index contributed by atoms with van der Waals surface area (Å²) in [6.07, 6.45) is 2.47. The number of hydrogen-bond acceptors (Lipinski definition) is 5. The third-order valence-electron chi connectivity index (χ3n) is 2.92. The van der Waals surface area contributed by atoms with Gasteiger partial charge in [0.1, 0.15) is 4.21 Å². The number of thiophene rings is 1. The summed E-state index contributed by atoms with van der Waals surface area (Å²) in [7, 11) is 0.492. The first-order valence-electron chi connectivity index (χ1n) is 6.42. The maximum atomic E-state index is 12.0. The van der Waals surface area contributed by atoms with Crippen molar-refractivity contribution in [1.29, 1.82) is 0 Å². The minimum absolute atomic E-state index is 0.402. The summed E-state index contributed by atoms with van der Waals surface area (Å²) in [5.41, 5.74) is 1.05. The summed E-state index contributed by atoms with van der Waals surface area (Å²) in [6.45, 7) is 1.89. The normalized spacial score (nSPS) is 16.2. The average Bonchev–Trinajstić information content (AvgIpc) is 3.02. The molecule has 0 atom stereocenters. The topological polar surface area (TPSA) is 61.4 Å². The average molecular weight is 303 g/mol. The third-order valence-corrected chi connectivity index (χ3v) is 5.87. The van der Waals surface area contributed by atoms with E-state index in [1.165, 1.54) is 24.2 Å². The zero-order valence-electron chi connectivity index (χ0n) is 11.3. The van der Waals surface area contributed by atoms with Gasteiger partial charge in [0.2, 0.25) is 10.0 Å². The number of hydrogen-bond donors (Lipinski definition) is 2. The van der Waals surface area contributed by atoms with E-state index in [1.807, 2.05) is 24.4 Å². The van der Waals surface area contributed by atoms with Gasteiger partial charge in [-0.3, -0.25) is 0 Å². The molecule has 2 N–H and O–H groups in total. The number of rotatable bonds is 8. The molecular weight excluding hydrogens is 282 g/mol. The highest BCUT2D eigenvalue weighted by molar-refractivity contribution is 7.91. The van der Waals surface area contributed by atoms with E-state index >= 15 is 0 Å². The number of likely N-dealkylation sites (N-methyl/N-ethyl adjacent to an activating group) is 1. The van der Waals surface area contributed by atoms with Gasteiger partial charge in [0.05, 0.1) is 0 Å². The Morgan fingerprint density at radius 3 is 2.79 bits per heavy atom. The molecule has 1 saturated carbocycles. The SMILES string of the molecule is CN(C)CCNS(=O)(=O)c1cc(CNC2CC2)cs1. The van der Waals surface area contributed by atoms with E-state index in [2.05, 4.69) is 10.0 Å². The largest absolute Gasteiger partial charge is 0.310 e. The molecular formula is C12H21N3O2S2. The van der Waals surface area contributed by atoms with Crippen molar-refractivity contribution in [3.8, 4) is 0 Å². The molecule has 1 aromatic heterocycles. The monoisotopic (exact) mass is 303 g/mol. The fourth-order valence-corrected chi connectivity index (χ4v) is 3.89. The van der Waals surface area contributed by atoms with Crippen LogP contribution in [0.1, 0.15) is 18.4 Å². The fourth-order valence-electron chi connectivity index (χ4n) is 1.61. The van der Waals surface area contributed by atoms with E-state index in [-0.39, 0.29) is 0 Å². The third kappa shape index (κ3) is 4.85. The van der Waals surface area contributed by atoms with Gasteiger partial charge in [0, 0.05) is 25.7 Å². The minimum atomic E-state index is -3.34. The smallest absolute Gasteiger partial charge is 0.250 e. The Hall–Kier alpha value is -0.470. The first kappa shape index (κ1) is 14.9.